The Labute approximate surface area is 95.7 Å². The number of alkyl halides is 2. The fraction of sp³-hybridized carbons (Fsp3) is 0.143. The van der Waals surface area contributed by atoms with E-state index in [1.54, 1.807) is 0 Å². The predicted octanol–water partition coefficient (Wildman–Crippen LogP) is 1.79. The van der Waals surface area contributed by atoms with Gasteiger partial charge in [-0.2, -0.15) is 0 Å². The Morgan fingerprint density at radius 1 is 1.62 bits per heavy atom. The molecular formula is C7H4BrF2N3O3. The molecule has 0 bridgehead atoms. The molecule has 0 aliphatic carbocycles. The van der Waals surface area contributed by atoms with Crippen LogP contribution in [0.15, 0.2) is 10.8 Å². The Morgan fingerprint density at radius 3 is 2.56 bits per heavy atom. The average Bonchev–Trinajstić information content (AvgIpc) is 2.15. The van der Waals surface area contributed by atoms with Gasteiger partial charge in [-0.3, -0.25) is 14.9 Å². The van der Waals surface area contributed by atoms with Crippen molar-refractivity contribution in [3.05, 3.63) is 32.0 Å². The lowest BCUT2D eigenvalue weighted by atomic mass is 10.1. The van der Waals surface area contributed by atoms with E-state index in [9.17, 15) is 23.7 Å². The molecule has 0 saturated heterocycles. The minimum absolute atomic E-state index is 0.345. The van der Waals surface area contributed by atoms with Gasteiger partial charge in [-0.15, -0.1) is 0 Å². The number of rotatable bonds is 3. The van der Waals surface area contributed by atoms with Crippen molar-refractivity contribution >= 4 is 27.5 Å². The van der Waals surface area contributed by atoms with Gasteiger partial charge in [-0.25, -0.2) is 13.8 Å². The lowest BCUT2D eigenvalue weighted by Crippen LogP contribution is -2.17. The number of pyridine rings is 1. The Hall–Kier alpha value is -1.64. The number of amides is 1. The maximum absolute atomic E-state index is 12.6. The van der Waals surface area contributed by atoms with Crippen LogP contribution in [-0.2, 0) is 0 Å². The van der Waals surface area contributed by atoms with E-state index in [1.165, 1.54) is 0 Å². The molecule has 2 N–H and O–H groups in total. The van der Waals surface area contributed by atoms with Crippen molar-refractivity contribution in [3.8, 4) is 0 Å². The molecule has 0 atom stereocenters. The lowest BCUT2D eigenvalue weighted by molar-refractivity contribution is -0.385. The number of nitrogens with zero attached hydrogens (tertiary/aromatic N) is 2. The van der Waals surface area contributed by atoms with Crippen LogP contribution in [0, 0.1) is 10.1 Å². The van der Waals surface area contributed by atoms with Crippen LogP contribution in [0.5, 0.6) is 0 Å². The van der Waals surface area contributed by atoms with Gasteiger partial charge in [0, 0.05) is 0 Å². The van der Waals surface area contributed by atoms with Crippen LogP contribution in [0.1, 0.15) is 22.3 Å². The zero-order valence-corrected chi connectivity index (χ0v) is 9.07. The number of nitro groups is 1. The van der Waals surface area contributed by atoms with E-state index in [2.05, 4.69) is 20.9 Å². The van der Waals surface area contributed by atoms with Gasteiger partial charge in [-0.1, -0.05) is 0 Å². The number of hydrogen-bond donors (Lipinski definition) is 1. The van der Waals surface area contributed by atoms with Gasteiger partial charge in [-0.05, 0) is 15.9 Å². The Morgan fingerprint density at radius 2 is 2.19 bits per heavy atom. The zero-order valence-electron chi connectivity index (χ0n) is 7.49. The monoisotopic (exact) mass is 295 g/mol. The molecule has 0 spiro atoms. The van der Waals surface area contributed by atoms with E-state index in [0.29, 0.717) is 6.20 Å². The lowest BCUT2D eigenvalue weighted by Gasteiger charge is -2.07. The largest absolute Gasteiger partial charge is 0.365 e. The van der Waals surface area contributed by atoms with Gasteiger partial charge in [0.25, 0.3) is 12.3 Å². The van der Waals surface area contributed by atoms with Crippen molar-refractivity contribution in [3.63, 3.8) is 0 Å². The SMILES string of the molecule is NC(=O)c1c([N+](=O)[O-])cnc(Br)c1C(F)F. The molecular weight excluding hydrogens is 292 g/mol. The smallest absolute Gasteiger partial charge is 0.300 e. The summed E-state index contributed by atoms with van der Waals surface area (Å²) in [6.45, 7) is 0. The number of primary amides is 1. The molecule has 0 aromatic carbocycles. The van der Waals surface area contributed by atoms with Crippen LogP contribution in [0.4, 0.5) is 14.5 Å². The third-order valence-corrected chi connectivity index (χ3v) is 2.34. The van der Waals surface area contributed by atoms with E-state index < -0.39 is 34.1 Å². The standard InChI is InChI=1S/C7H4BrF2N3O3/c8-5-4(6(9)10)3(7(11)14)2(1-12-5)13(15)16/h1,6H,(H2,11,14). The van der Waals surface area contributed by atoms with Crippen LogP contribution in [0.25, 0.3) is 0 Å². The molecule has 86 valence electrons. The second kappa shape index (κ2) is 4.47. The first-order chi connectivity index (χ1) is 7.36. The van der Waals surface area contributed by atoms with E-state index in [0.717, 1.165) is 0 Å². The van der Waals surface area contributed by atoms with E-state index in [4.69, 9.17) is 5.73 Å². The van der Waals surface area contributed by atoms with Crippen molar-refractivity contribution in [1.82, 2.24) is 4.98 Å². The zero-order chi connectivity index (χ0) is 12.5. The van der Waals surface area contributed by atoms with Gasteiger partial charge in [0.2, 0.25) is 0 Å². The highest BCUT2D eigenvalue weighted by atomic mass is 79.9. The third kappa shape index (κ3) is 2.13. The number of carbonyl (C=O) groups is 1. The van der Waals surface area contributed by atoms with Crippen LogP contribution >= 0.6 is 15.9 Å². The van der Waals surface area contributed by atoms with Crippen molar-refractivity contribution in [2.24, 2.45) is 5.73 Å². The minimum atomic E-state index is -3.09. The second-order valence-corrected chi connectivity index (χ2v) is 3.40. The molecule has 1 amide bonds. The second-order valence-electron chi connectivity index (χ2n) is 2.64. The summed E-state index contributed by atoms with van der Waals surface area (Å²) in [6.07, 6.45) is -2.40. The average molecular weight is 296 g/mol. The molecule has 16 heavy (non-hydrogen) atoms. The maximum Gasteiger partial charge on any atom is 0.300 e. The highest BCUT2D eigenvalue weighted by Gasteiger charge is 2.29. The number of hydrogen-bond acceptors (Lipinski definition) is 4. The molecule has 0 aliphatic heterocycles. The van der Waals surface area contributed by atoms with Gasteiger partial charge >= 0.3 is 5.69 Å². The predicted molar refractivity (Wildman–Crippen MR) is 52.1 cm³/mol. The summed E-state index contributed by atoms with van der Waals surface area (Å²) in [5, 5.41) is 10.5. The molecule has 0 saturated carbocycles. The first-order valence-corrected chi connectivity index (χ1v) is 4.56. The van der Waals surface area contributed by atoms with Gasteiger partial charge in [0.15, 0.2) is 0 Å². The number of carbonyl (C=O) groups excluding carboxylic acids is 1. The fourth-order valence-corrected chi connectivity index (χ4v) is 1.56. The van der Waals surface area contributed by atoms with Crippen LogP contribution in [-0.4, -0.2) is 15.8 Å². The van der Waals surface area contributed by atoms with Crippen LogP contribution < -0.4 is 5.73 Å². The summed E-state index contributed by atoms with van der Waals surface area (Å²) in [4.78, 5) is 23.8. The van der Waals surface area contributed by atoms with Crippen molar-refractivity contribution in [2.45, 2.75) is 6.43 Å². The summed E-state index contributed by atoms with van der Waals surface area (Å²) < 4.78 is 24.8. The third-order valence-electron chi connectivity index (χ3n) is 1.71. The Balaban J connectivity index is 3.63. The minimum Gasteiger partial charge on any atom is -0.365 e. The van der Waals surface area contributed by atoms with Crippen molar-refractivity contribution in [1.29, 1.82) is 0 Å². The van der Waals surface area contributed by atoms with E-state index in [1.807, 2.05) is 0 Å². The number of nitrogens with two attached hydrogens (primary N) is 1. The van der Waals surface area contributed by atoms with Crippen molar-refractivity contribution in [2.75, 3.05) is 0 Å². The van der Waals surface area contributed by atoms with Crippen LogP contribution in [0.3, 0.4) is 0 Å². The van der Waals surface area contributed by atoms with Crippen LogP contribution in [0.2, 0.25) is 0 Å². The maximum atomic E-state index is 12.6. The van der Waals surface area contributed by atoms with Gasteiger partial charge in [0.1, 0.15) is 16.4 Å². The molecule has 0 radical (unpaired) electrons. The van der Waals surface area contributed by atoms with Gasteiger partial charge < -0.3 is 5.73 Å². The fourth-order valence-electron chi connectivity index (χ4n) is 1.09. The van der Waals surface area contributed by atoms with E-state index in [-0.39, 0.29) is 4.60 Å². The molecule has 9 heteroatoms. The van der Waals surface area contributed by atoms with Gasteiger partial charge in [0.05, 0.1) is 10.5 Å². The normalized spacial score (nSPS) is 10.5. The molecule has 1 rings (SSSR count). The first-order valence-electron chi connectivity index (χ1n) is 3.77. The molecule has 1 aromatic rings. The molecule has 1 aromatic heterocycles. The molecule has 0 fully saturated rings. The first kappa shape index (κ1) is 12.4. The quantitative estimate of drug-likeness (QED) is 0.522. The molecule has 0 unspecified atom stereocenters. The Bertz CT molecular complexity index is 466. The summed E-state index contributed by atoms with van der Waals surface area (Å²) in [5.41, 5.74) is 2.29. The van der Waals surface area contributed by atoms with Crippen molar-refractivity contribution < 1.29 is 18.5 Å². The summed E-state index contributed by atoms with van der Waals surface area (Å²) in [5.74, 6) is -1.30. The van der Waals surface area contributed by atoms with E-state index >= 15 is 0 Å². The summed E-state index contributed by atoms with van der Waals surface area (Å²) in [6, 6.07) is 0. The summed E-state index contributed by atoms with van der Waals surface area (Å²) in [7, 11) is 0. The number of aromatic nitrogens is 1. The molecule has 1 heterocycles. The molecule has 0 aliphatic rings. The molecule has 6 nitrogen and oxygen atoms in total. The topological polar surface area (TPSA) is 99.1 Å². The highest BCUT2D eigenvalue weighted by Crippen LogP contribution is 2.33. The Kier molecular flexibility index (Phi) is 3.48. The summed E-state index contributed by atoms with van der Waals surface area (Å²) >= 11 is 2.68. The number of halogens is 3. The highest BCUT2D eigenvalue weighted by molar-refractivity contribution is 9.10.